The molecule has 74 valence electrons. The molecule has 1 fully saturated rings. The average molecular weight is 188 g/mol. The summed E-state index contributed by atoms with van der Waals surface area (Å²) < 4.78 is 4.63. The molecule has 1 saturated heterocycles. The van der Waals surface area contributed by atoms with Crippen LogP contribution in [0.15, 0.2) is 0 Å². The van der Waals surface area contributed by atoms with Crippen LogP contribution in [-0.4, -0.2) is 47.8 Å². The summed E-state index contributed by atoms with van der Waals surface area (Å²) in [5.74, 6) is -0.583. The van der Waals surface area contributed by atoms with E-state index in [1.807, 2.05) is 0 Å². The van der Waals surface area contributed by atoms with Crippen LogP contribution >= 0.6 is 0 Å². The van der Waals surface area contributed by atoms with Crippen LogP contribution in [-0.2, 0) is 9.53 Å². The number of ether oxygens (including phenoxy) is 1. The van der Waals surface area contributed by atoms with Crippen LogP contribution in [0.4, 0.5) is 4.79 Å². The van der Waals surface area contributed by atoms with Crippen LogP contribution in [0.2, 0.25) is 0 Å². The summed E-state index contributed by atoms with van der Waals surface area (Å²) in [7, 11) is 0. The second-order valence-corrected chi connectivity index (χ2v) is 2.88. The quantitative estimate of drug-likeness (QED) is 0.572. The number of aliphatic hydroxyl groups is 1. The zero-order chi connectivity index (χ0) is 9.84. The summed E-state index contributed by atoms with van der Waals surface area (Å²) in [4.78, 5) is 22.6. The van der Waals surface area contributed by atoms with Gasteiger partial charge in [-0.25, -0.2) is 4.79 Å². The highest BCUT2D eigenvalue weighted by molar-refractivity contribution is 5.74. The molecule has 0 aromatic heterocycles. The van der Waals surface area contributed by atoms with Gasteiger partial charge in [-0.3, -0.25) is 4.79 Å². The Labute approximate surface area is 75.3 Å². The number of nitrogens with zero attached hydrogens (tertiary/aromatic N) is 1. The Balaban J connectivity index is 2.30. The number of aliphatic hydroxyl groups excluding tert-OH is 1. The third-order valence-electron chi connectivity index (χ3n) is 1.71. The molecule has 1 aliphatic heterocycles. The zero-order valence-corrected chi connectivity index (χ0v) is 7.10. The van der Waals surface area contributed by atoms with Gasteiger partial charge in [-0.1, -0.05) is 0 Å². The Kier molecular flexibility index (Phi) is 3.07. The molecule has 0 saturated carbocycles. The minimum absolute atomic E-state index is 0.0990. The molecule has 0 spiro atoms. The molecule has 0 radical (unpaired) electrons. The SMILES string of the molecule is NC(=O)CC(O)CN1CCOC1=O. The Morgan fingerprint density at radius 2 is 2.46 bits per heavy atom. The molecule has 1 aliphatic rings. The molecule has 0 aromatic carbocycles. The van der Waals surface area contributed by atoms with E-state index in [1.165, 1.54) is 4.90 Å². The van der Waals surface area contributed by atoms with Crippen molar-refractivity contribution in [2.45, 2.75) is 12.5 Å². The number of carbonyl (C=O) groups excluding carboxylic acids is 2. The van der Waals surface area contributed by atoms with Crippen LogP contribution in [0.1, 0.15) is 6.42 Å². The van der Waals surface area contributed by atoms with Crippen LogP contribution in [0.5, 0.6) is 0 Å². The maximum absolute atomic E-state index is 10.9. The first-order valence-electron chi connectivity index (χ1n) is 3.97. The third kappa shape index (κ3) is 2.90. The van der Waals surface area contributed by atoms with Gasteiger partial charge < -0.3 is 20.5 Å². The standard InChI is InChI=1S/C7H12N2O4/c8-6(11)3-5(10)4-9-1-2-13-7(9)12/h5,10H,1-4H2,(H2,8,11). The second kappa shape index (κ2) is 4.08. The number of β-amino-alcohol motifs (C(OH)–C–C–N with tert-alkyl or cyclic N) is 1. The number of primary amides is 1. The lowest BCUT2D eigenvalue weighted by Gasteiger charge is -2.15. The molecule has 2 amide bonds. The van der Waals surface area contributed by atoms with Crippen molar-refractivity contribution in [3.8, 4) is 0 Å². The summed E-state index contributed by atoms with van der Waals surface area (Å²) >= 11 is 0. The lowest BCUT2D eigenvalue weighted by Crippen LogP contribution is -2.35. The molecule has 0 aliphatic carbocycles. The van der Waals surface area contributed by atoms with E-state index in [9.17, 15) is 14.7 Å². The molecule has 0 bridgehead atoms. The molecule has 1 heterocycles. The fraction of sp³-hybridized carbons (Fsp3) is 0.714. The van der Waals surface area contributed by atoms with Crippen molar-refractivity contribution >= 4 is 12.0 Å². The number of hydrogen-bond donors (Lipinski definition) is 2. The van der Waals surface area contributed by atoms with Crippen molar-refractivity contribution in [3.05, 3.63) is 0 Å². The summed E-state index contributed by atoms with van der Waals surface area (Å²) in [6.07, 6.45) is -1.49. The van der Waals surface area contributed by atoms with Crippen LogP contribution in [0.3, 0.4) is 0 Å². The first kappa shape index (κ1) is 9.79. The minimum atomic E-state index is -0.900. The Hall–Kier alpha value is -1.30. The number of amides is 2. The van der Waals surface area contributed by atoms with Gasteiger partial charge in [-0.05, 0) is 0 Å². The predicted molar refractivity (Wildman–Crippen MR) is 42.7 cm³/mol. The van der Waals surface area contributed by atoms with Gasteiger partial charge in [0, 0.05) is 0 Å². The summed E-state index contributed by atoms with van der Waals surface area (Å²) in [5.41, 5.74) is 4.87. The maximum atomic E-state index is 10.9. The van der Waals surface area contributed by atoms with Gasteiger partial charge in [0.2, 0.25) is 5.91 Å². The normalized spacial score (nSPS) is 18.5. The Morgan fingerprint density at radius 1 is 1.77 bits per heavy atom. The third-order valence-corrected chi connectivity index (χ3v) is 1.71. The van der Waals surface area contributed by atoms with E-state index in [2.05, 4.69) is 4.74 Å². The van der Waals surface area contributed by atoms with E-state index in [0.29, 0.717) is 13.2 Å². The number of cyclic esters (lactones) is 1. The van der Waals surface area contributed by atoms with Crippen molar-refractivity contribution in [2.24, 2.45) is 5.73 Å². The molecular weight excluding hydrogens is 176 g/mol. The van der Waals surface area contributed by atoms with Gasteiger partial charge in [-0.15, -0.1) is 0 Å². The van der Waals surface area contributed by atoms with Crippen LogP contribution < -0.4 is 5.73 Å². The molecule has 6 heteroatoms. The van der Waals surface area contributed by atoms with E-state index in [1.54, 1.807) is 0 Å². The van der Waals surface area contributed by atoms with E-state index in [-0.39, 0.29) is 13.0 Å². The number of rotatable bonds is 4. The highest BCUT2D eigenvalue weighted by Gasteiger charge is 2.24. The summed E-state index contributed by atoms with van der Waals surface area (Å²) in [6, 6.07) is 0. The molecule has 6 nitrogen and oxygen atoms in total. The molecule has 1 unspecified atom stereocenters. The van der Waals surface area contributed by atoms with Gasteiger partial charge in [0.15, 0.2) is 0 Å². The fourth-order valence-corrected chi connectivity index (χ4v) is 1.14. The van der Waals surface area contributed by atoms with Gasteiger partial charge in [-0.2, -0.15) is 0 Å². The topological polar surface area (TPSA) is 92.9 Å². The molecule has 0 aromatic rings. The molecule has 13 heavy (non-hydrogen) atoms. The van der Waals surface area contributed by atoms with Crippen molar-refractivity contribution in [2.75, 3.05) is 19.7 Å². The molecular formula is C7H12N2O4. The zero-order valence-electron chi connectivity index (χ0n) is 7.10. The Morgan fingerprint density at radius 3 is 2.92 bits per heavy atom. The van der Waals surface area contributed by atoms with Crippen molar-refractivity contribution in [3.63, 3.8) is 0 Å². The van der Waals surface area contributed by atoms with E-state index in [0.717, 1.165) is 0 Å². The van der Waals surface area contributed by atoms with E-state index in [4.69, 9.17) is 5.73 Å². The molecule has 3 N–H and O–H groups in total. The summed E-state index contributed by atoms with van der Waals surface area (Å²) in [5, 5.41) is 9.25. The van der Waals surface area contributed by atoms with Gasteiger partial charge in [0.05, 0.1) is 25.6 Å². The van der Waals surface area contributed by atoms with Gasteiger partial charge in [0.1, 0.15) is 6.61 Å². The number of carbonyl (C=O) groups is 2. The Bertz CT molecular complexity index is 219. The average Bonchev–Trinajstić information content (AvgIpc) is 2.34. The van der Waals surface area contributed by atoms with Gasteiger partial charge in [0.25, 0.3) is 0 Å². The molecule has 1 atom stereocenters. The van der Waals surface area contributed by atoms with Gasteiger partial charge >= 0.3 is 6.09 Å². The largest absolute Gasteiger partial charge is 0.448 e. The second-order valence-electron chi connectivity index (χ2n) is 2.88. The first-order valence-corrected chi connectivity index (χ1v) is 3.97. The first-order chi connectivity index (χ1) is 6.09. The van der Waals surface area contributed by atoms with Crippen LogP contribution in [0, 0.1) is 0 Å². The highest BCUT2D eigenvalue weighted by atomic mass is 16.6. The monoisotopic (exact) mass is 188 g/mol. The minimum Gasteiger partial charge on any atom is -0.448 e. The highest BCUT2D eigenvalue weighted by Crippen LogP contribution is 2.05. The lowest BCUT2D eigenvalue weighted by atomic mass is 10.2. The van der Waals surface area contributed by atoms with Crippen LogP contribution in [0.25, 0.3) is 0 Å². The lowest BCUT2D eigenvalue weighted by molar-refractivity contribution is -0.120. The van der Waals surface area contributed by atoms with E-state index >= 15 is 0 Å². The smallest absolute Gasteiger partial charge is 0.410 e. The number of hydrogen-bond acceptors (Lipinski definition) is 4. The number of nitrogens with two attached hydrogens (primary N) is 1. The van der Waals surface area contributed by atoms with E-state index < -0.39 is 18.1 Å². The maximum Gasteiger partial charge on any atom is 0.410 e. The van der Waals surface area contributed by atoms with Crippen molar-refractivity contribution in [1.82, 2.24) is 4.90 Å². The summed E-state index contributed by atoms with van der Waals surface area (Å²) in [6.45, 7) is 0.887. The fourth-order valence-electron chi connectivity index (χ4n) is 1.14. The van der Waals surface area contributed by atoms with Crippen molar-refractivity contribution < 1.29 is 19.4 Å². The molecule has 1 rings (SSSR count). The van der Waals surface area contributed by atoms with Crippen molar-refractivity contribution in [1.29, 1.82) is 0 Å². The predicted octanol–water partition coefficient (Wildman–Crippen LogP) is -1.33.